The highest BCUT2D eigenvalue weighted by atomic mass is 32.2. The smallest absolute Gasteiger partial charge is 0.251 e. The van der Waals surface area contributed by atoms with Crippen LogP contribution in [0, 0.1) is 0 Å². The van der Waals surface area contributed by atoms with E-state index in [4.69, 9.17) is 0 Å². The third-order valence-corrected chi connectivity index (χ3v) is 5.68. The van der Waals surface area contributed by atoms with Crippen molar-refractivity contribution in [3.05, 3.63) is 83.9 Å². The number of carbonyl (C=O) groups excluding carboxylic acids is 1. The highest BCUT2D eigenvalue weighted by molar-refractivity contribution is 7.89. The predicted molar refractivity (Wildman–Crippen MR) is 106 cm³/mol. The Balaban J connectivity index is 1.61. The van der Waals surface area contributed by atoms with Crippen molar-refractivity contribution >= 4 is 15.9 Å². The van der Waals surface area contributed by atoms with E-state index in [9.17, 15) is 13.2 Å². The Kier molecular flexibility index (Phi) is 6.23. The van der Waals surface area contributed by atoms with Crippen LogP contribution in [0.5, 0.6) is 0 Å². The van der Waals surface area contributed by atoms with Crippen molar-refractivity contribution in [1.82, 2.24) is 19.6 Å². The number of nitrogens with zero attached hydrogens (tertiary/aromatic N) is 2. The monoisotopic (exact) mass is 398 g/mol. The quantitative estimate of drug-likeness (QED) is 0.608. The molecule has 0 radical (unpaired) electrons. The van der Waals surface area contributed by atoms with Crippen LogP contribution >= 0.6 is 0 Å². The normalized spacial score (nSPS) is 11.3. The van der Waals surface area contributed by atoms with Gasteiger partial charge in [-0.25, -0.2) is 18.1 Å². The van der Waals surface area contributed by atoms with E-state index in [-0.39, 0.29) is 17.3 Å². The number of rotatable bonds is 8. The van der Waals surface area contributed by atoms with Crippen molar-refractivity contribution in [3.63, 3.8) is 0 Å². The minimum absolute atomic E-state index is 0.0749. The lowest BCUT2D eigenvalue weighted by atomic mass is 10.1. The molecule has 7 nitrogen and oxygen atoms in total. The third kappa shape index (κ3) is 5.05. The van der Waals surface area contributed by atoms with Gasteiger partial charge in [-0.1, -0.05) is 37.3 Å². The molecule has 0 saturated heterocycles. The Hall–Kier alpha value is -2.97. The molecule has 28 heavy (non-hydrogen) atoms. The van der Waals surface area contributed by atoms with Gasteiger partial charge in [-0.3, -0.25) is 4.79 Å². The van der Waals surface area contributed by atoms with Crippen LogP contribution in [0.15, 0.2) is 72.1 Å². The molecule has 1 aromatic heterocycles. The maximum atomic E-state index is 12.4. The summed E-state index contributed by atoms with van der Waals surface area (Å²) in [5.41, 5.74) is 2.39. The van der Waals surface area contributed by atoms with Gasteiger partial charge in [0, 0.05) is 37.6 Å². The van der Waals surface area contributed by atoms with Gasteiger partial charge in [0.15, 0.2) is 0 Å². The molecule has 0 aliphatic heterocycles. The molecule has 0 spiro atoms. The molecule has 0 unspecified atom stereocenters. The number of hydrogen-bond acceptors (Lipinski definition) is 4. The van der Waals surface area contributed by atoms with Gasteiger partial charge in [-0.15, -0.1) is 0 Å². The molecule has 1 amide bonds. The van der Waals surface area contributed by atoms with E-state index >= 15 is 0 Å². The molecule has 0 saturated carbocycles. The second-order valence-corrected chi connectivity index (χ2v) is 8.03. The first-order valence-electron chi connectivity index (χ1n) is 8.89. The standard InChI is InChI=1S/C20H22N4O3S/c1-2-23-28(26,27)19-5-3-4-18(12-19)20(25)22-13-16-6-8-17(9-7-16)14-24-11-10-21-15-24/h3-12,15,23H,2,13-14H2,1H3,(H,22,25). The summed E-state index contributed by atoms with van der Waals surface area (Å²) in [7, 11) is -3.60. The molecule has 0 aliphatic carbocycles. The van der Waals surface area contributed by atoms with Gasteiger partial charge in [-0.05, 0) is 29.3 Å². The number of benzene rings is 2. The zero-order valence-corrected chi connectivity index (χ0v) is 16.3. The summed E-state index contributed by atoms with van der Waals surface area (Å²) < 4.78 is 28.6. The number of amides is 1. The van der Waals surface area contributed by atoms with Crippen LogP contribution in [0.2, 0.25) is 0 Å². The van der Waals surface area contributed by atoms with Crippen LogP contribution in [0.4, 0.5) is 0 Å². The van der Waals surface area contributed by atoms with E-state index in [1.54, 1.807) is 31.6 Å². The van der Waals surface area contributed by atoms with Crippen molar-refractivity contribution in [2.24, 2.45) is 0 Å². The first-order chi connectivity index (χ1) is 13.5. The number of aromatic nitrogens is 2. The van der Waals surface area contributed by atoms with Gasteiger partial charge < -0.3 is 9.88 Å². The van der Waals surface area contributed by atoms with Crippen molar-refractivity contribution in [3.8, 4) is 0 Å². The Morgan fingerprint density at radius 3 is 2.54 bits per heavy atom. The second kappa shape index (κ2) is 8.81. The molecule has 2 aromatic carbocycles. The maximum Gasteiger partial charge on any atom is 0.251 e. The molecule has 0 fully saturated rings. The van der Waals surface area contributed by atoms with Crippen LogP contribution in [-0.4, -0.2) is 30.4 Å². The maximum absolute atomic E-state index is 12.4. The van der Waals surface area contributed by atoms with Crippen LogP contribution in [0.3, 0.4) is 0 Å². The van der Waals surface area contributed by atoms with E-state index in [0.29, 0.717) is 12.1 Å². The number of sulfonamides is 1. The molecular formula is C20H22N4O3S. The minimum atomic E-state index is -3.60. The number of nitrogens with one attached hydrogen (secondary N) is 2. The third-order valence-electron chi connectivity index (χ3n) is 4.14. The molecule has 3 rings (SSSR count). The molecule has 0 bridgehead atoms. The summed E-state index contributed by atoms with van der Waals surface area (Å²) in [6.45, 7) is 3.08. The largest absolute Gasteiger partial charge is 0.348 e. The topological polar surface area (TPSA) is 93.1 Å². The van der Waals surface area contributed by atoms with Crippen molar-refractivity contribution in [2.75, 3.05) is 6.54 Å². The van der Waals surface area contributed by atoms with Crippen LogP contribution in [0.25, 0.3) is 0 Å². The summed E-state index contributed by atoms with van der Waals surface area (Å²) in [5, 5.41) is 2.82. The molecule has 8 heteroatoms. The van der Waals surface area contributed by atoms with E-state index in [0.717, 1.165) is 17.7 Å². The van der Waals surface area contributed by atoms with Crippen molar-refractivity contribution in [1.29, 1.82) is 0 Å². The molecule has 2 N–H and O–H groups in total. The van der Waals surface area contributed by atoms with E-state index < -0.39 is 10.0 Å². The Labute approximate surface area is 164 Å². The lowest BCUT2D eigenvalue weighted by Gasteiger charge is -2.09. The predicted octanol–water partition coefficient (Wildman–Crippen LogP) is 2.16. The fraction of sp³-hybridized carbons (Fsp3) is 0.200. The highest BCUT2D eigenvalue weighted by Gasteiger charge is 2.15. The average Bonchev–Trinajstić information content (AvgIpc) is 3.20. The summed E-state index contributed by atoms with van der Waals surface area (Å²) in [6.07, 6.45) is 5.40. The summed E-state index contributed by atoms with van der Waals surface area (Å²) in [5.74, 6) is -0.323. The number of hydrogen-bond donors (Lipinski definition) is 2. The van der Waals surface area contributed by atoms with Gasteiger partial charge in [-0.2, -0.15) is 0 Å². The Morgan fingerprint density at radius 2 is 1.86 bits per heavy atom. The fourth-order valence-corrected chi connectivity index (χ4v) is 3.80. The lowest BCUT2D eigenvalue weighted by molar-refractivity contribution is 0.0950. The number of carbonyl (C=O) groups is 1. The summed E-state index contributed by atoms with van der Waals surface area (Å²) in [4.78, 5) is 16.5. The van der Waals surface area contributed by atoms with Gasteiger partial charge in [0.1, 0.15) is 0 Å². The lowest BCUT2D eigenvalue weighted by Crippen LogP contribution is -2.25. The molecule has 146 valence electrons. The minimum Gasteiger partial charge on any atom is -0.348 e. The fourth-order valence-electron chi connectivity index (χ4n) is 2.72. The van der Waals surface area contributed by atoms with E-state index in [1.165, 1.54) is 12.1 Å². The first kappa shape index (κ1) is 19.8. The SMILES string of the molecule is CCNS(=O)(=O)c1cccc(C(=O)NCc2ccc(Cn3ccnc3)cc2)c1. The van der Waals surface area contributed by atoms with Crippen LogP contribution in [0.1, 0.15) is 28.4 Å². The van der Waals surface area contributed by atoms with Crippen molar-refractivity contribution in [2.45, 2.75) is 24.9 Å². The van der Waals surface area contributed by atoms with Crippen molar-refractivity contribution < 1.29 is 13.2 Å². The summed E-state index contributed by atoms with van der Waals surface area (Å²) in [6, 6.07) is 13.9. The van der Waals surface area contributed by atoms with E-state index in [1.807, 2.05) is 35.0 Å². The van der Waals surface area contributed by atoms with Gasteiger partial charge in [0.25, 0.3) is 5.91 Å². The second-order valence-electron chi connectivity index (χ2n) is 6.26. The summed E-state index contributed by atoms with van der Waals surface area (Å²) >= 11 is 0. The van der Waals surface area contributed by atoms with Crippen LogP contribution in [-0.2, 0) is 23.1 Å². The Bertz CT molecular complexity index is 1030. The van der Waals surface area contributed by atoms with Gasteiger partial charge >= 0.3 is 0 Å². The molecule has 0 atom stereocenters. The van der Waals surface area contributed by atoms with Gasteiger partial charge in [0.05, 0.1) is 11.2 Å². The molecule has 3 aromatic rings. The van der Waals surface area contributed by atoms with Crippen LogP contribution < -0.4 is 10.0 Å². The van der Waals surface area contributed by atoms with Gasteiger partial charge in [0.2, 0.25) is 10.0 Å². The first-order valence-corrected chi connectivity index (χ1v) is 10.4. The molecular weight excluding hydrogens is 376 g/mol. The Morgan fingerprint density at radius 1 is 1.11 bits per heavy atom. The average molecular weight is 398 g/mol. The molecule has 0 aliphatic rings. The zero-order chi connectivity index (χ0) is 20.0. The molecule has 1 heterocycles. The highest BCUT2D eigenvalue weighted by Crippen LogP contribution is 2.12. The van der Waals surface area contributed by atoms with E-state index in [2.05, 4.69) is 15.0 Å². The number of imidazole rings is 1. The zero-order valence-electron chi connectivity index (χ0n) is 15.5.